The summed E-state index contributed by atoms with van der Waals surface area (Å²) in [6.07, 6.45) is 3.28. The van der Waals surface area contributed by atoms with Gasteiger partial charge in [-0.25, -0.2) is 9.97 Å². The van der Waals surface area contributed by atoms with Gasteiger partial charge in [0.15, 0.2) is 0 Å². The molecular formula is C19H23N5O2. The number of carbonyl (C=O) groups is 1. The van der Waals surface area contributed by atoms with E-state index >= 15 is 0 Å². The van der Waals surface area contributed by atoms with E-state index in [0.29, 0.717) is 37.8 Å². The number of carbonyl (C=O) groups excluding carboxylic acids is 1. The van der Waals surface area contributed by atoms with Crippen LogP contribution < -0.4 is 10.2 Å². The SMILES string of the molecule is O=C(c1cnc(N2CCOCC2)nc1)N1CCN[C@H](c2ccccc2)C1. The van der Waals surface area contributed by atoms with Gasteiger partial charge >= 0.3 is 0 Å². The molecule has 0 radical (unpaired) electrons. The van der Waals surface area contributed by atoms with Crippen molar-refractivity contribution in [2.24, 2.45) is 0 Å². The van der Waals surface area contributed by atoms with E-state index in [-0.39, 0.29) is 11.9 Å². The Morgan fingerprint density at radius 2 is 1.81 bits per heavy atom. The van der Waals surface area contributed by atoms with Crippen LogP contribution in [0.3, 0.4) is 0 Å². The normalized spacial score (nSPS) is 20.8. The van der Waals surface area contributed by atoms with Crippen molar-refractivity contribution in [1.29, 1.82) is 0 Å². The Morgan fingerprint density at radius 3 is 2.54 bits per heavy atom. The fraction of sp³-hybridized carbons (Fsp3) is 0.421. The molecule has 1 aromatic carbocycles. The van der Waals surface area contributed by atoms with E-state index in [1.165, 1.54) is 5.56 Å². The molecule has 136 valence electrons. The Labute approximate surface area is 153 Å². The molecule has 1 aromatic heterocycles. The minimum absolute atomic E-state index is 0.0130. The number of piperazine rings is 1. The molecule has 2 aromatic rings. The predicted molar refractivity (Wildman–Crippen MR) is 98.2 cm³/mol. The summed E-state index contributed by atoms with van der Waals surface area (Å²) in [4.78, 5) is 25.6. The van der Waals surface area contributed by atoms with Crippen LogP contribution in [0.15, 0.2) is 42.7 Å². The van der Waals surface area contributed by atoms with Crippen molar-refractivity contribution in [2.75, 3.05) is 50.8 Å². The number of hydrogen-bond donors (Lipinski definition) is 1. The third kappa shape index (κ3) is 3.68. The quantitative estimate of drug-likeness (QED) is 0.891. The molecule has 7 nitrogen and oxygen atoms in total. The number of nitrogens with zero attached hydrogens (tertiary/aromatic N) is 4. The summed E-state index contributed by atoms with van der Waals surface area (Å²) in [5.74, 6) is 0.647. The second kappa shape index (κ2) is 7.80. The second-order valence-corrected chi connectivity index (χ2v) is 6.54. The highest BCUT2D eigenvalue weighted by molar-refractivity contribution is 5.93. The molecule has 0 aliphatic carbocycles. The van der Waals surface area contributed by atoms with Crippen LogP contribution in [-0.2, 0) is 4.74 Å². The van der Waals surface area contributed by atoms with Crippen molar-refractivity contribution in [1.82, 2.24) is 20.2 Å². The van der Waals surface area contributed by atoms with E-state index in [0.717, 1.165) is 19.6 Å². The molecule has 3 heterocycles. The van der Waals surface area contributed by atoms with Gasteiger partial charge in [0, 0.05) is 51.2 Å². The highest BCUT2D eigenvalue weighted by Crippen LogP contribution is 2.19. The maximum Gasteiger partial charge on any atom is 0.257 e. The van der Waals surface area contributed by atoms with Gasteiger partial charge in [0.2, 0.25) is 5.95 Å². The lowest BCUT2D eigenvalue weighted by Crippen LogP contribution is -2.48. The molecule has 0 unspecified atom stereocenters. The fourth-order valence-electron chi connectivity index (χ4n) is 3.38. The second-order valence-electron chi connectivity index (χ2n) is 6.54. The Kier molecular flexibility index (Phi) is 5.08. The molecule has 26 heavy (non-hydrogen) atoms. The Bertz CT molecular complexity index is 731. The molecule has 0 bridgehead atoms. The van der Waals surface area contributed by atoms with E-state index in [4.69, 9.17) is 4.74 Å². The molecule has 1 atom stereocenters. The highest BCUT2D eigenvalue weighted by atomic mass is 16.5. The zero-order valence-electron chi connectivity index (χ0n) is 14.7. The van der Waals surface area contributed by atoms with Gasteiger partial charge < -0.3 is 19.9 Å². The van der Waals surface area contributed by atoms with Crippen molar-refractivity contribution in [3.63, 3.8) is 0 Å². The summed E-state index contributed by atoms with van der Waals surface area (Å²) in [5.41, 5.74) is 1.74. The summed E-state index contributed by atoms with van der Waals surface area (Å²) in [7, 11) is 0. The van der Waals surface area contributed by atoms with Crippen LogP contribution in [0.2, 0.25) is 0 Å². The smallest absolute Gasteiger partial charge is 0.257 e. The van der Waals surface area contributed by atoms with Gasteiger partial charge in [-0.05, 0) is 5.56 Å². The van der Waals surface area contributed by atoms with E-state index < -0.39 is 0 Å². The summed E-state index contributed by atoms with van der Waals surface area (Å²) < 4.78 is 5.35. The van der Waals surface area contributed by atoms with Crippen molar-refractivity contribution in [3.05, 3.63) is 53.9 Å². The molecule has 2 saturated heterocycles. The van der Waals surface area contributed by atoms with E-state index in [1.54, 1.807) is 12.4 Å². The van der Waals surface area contributed by atoms with E-state index in [9.17, 15) is 4.79 Å². The van der Waals surface area contributed by atoms with Gasteiger partial charge in [-0.1, -0.05) is 30.3 Å². The van der Waals surface area contributed by atoms with Crippen LogP contribution in [0, 0.1) is 0 Å². The third-order valence-corrected chi connectivity index (χ3v) is 4.84. The van der Waals surface area contributed by atoms with Crippen molar-refractivity contribution < 1.29 is 9.53 Å². The van der Waals surface area contributed by atoms with Crippen LogP contribution in [0.4, 0.5) is 5.95 Å². The fourth-order valence-corrected chi connectivity index (χ4v) is 3.38. The number of anilines is 1. The maximum atomic E-state index is 12.8. The summed E-state index contributed by atoms with van der Waals surface area (Å²) in [6.45, 7) is 5.05. The van der Waals surface area contributed by atoms with Gasteiger partial charge in [0.1, 0.15) is 0 Å². The van der Waals surface area contributed by atoms with Crippen LogP contribution in [0.5, 0.6) is 0 Å². The number of ether oxygens (including phenoxy) is 1. The molecule has 2 aliphatic heterocycles. The first-order chi connectivity index (χ1) is 12.8. The minimum Gasteiger partial charge on any atom is -0.378 e. The van der Waals surface area contributed by atoms with Gasteiger partial charge in [-0.2, -0.15) is 0 Å². The first kappa shape index (κ1) is 16.9. The lowest BCUT2D eigenvalue weighted by Gasteiger charge is -2.34. The van der Waals surface area contributed by atoms with E-state index in [1.807, 2.05) is 23.1 Å². The lowest BCUT2D eigenvalue weighted by atomic mass is 10.0. The third-order valence-electron chi connectivity index (χ3n) is 4.84. The monoisotopic (exact) mass is 353 g/mol. The molecule has 2 aliphatic rings. The number of hydrogen-bond acceptors (Lipinski definition) is 6. The summed E-state index contributed by atoms with van der Waals surface area (Å²) >= 11 is 0. The highest BCUT2D eigenvalue weighted by Gasteiger charge is 2.25. The molecule has 4 rings (SSSR count). The topological polar surface area (TPSA) is 70.6 Å². The molecule has 1 N–H and O–H groups in total. The molecule has 7 heteroatoms. The minimum atomic E-state index is -0.0130. The number of morpholine rings is 1. The molecule has 1 amide bonds. The largest absolute Gasteiger partial charge is 0.378 e. The molecule has 0 saturated carbocycles. The number of amides is 1. The first-order valence-corrected chi connectivity index (χ1v) is 9.03. The number of nitrogens with one attached hydrogen (secondary N) is 1. The average Bonchev–Trinajstić information content (AvgIpc) is 2.75. The number of rotatable bonds is 3. The maximum absolute atomic E-state index is 12.8. The Hall–Kier alpha value is -2.51. The summed E-state index contributed by atoms with van der Waals surface area (Å²) in [6, 6.07) is 10.4. The van der Waals surface area contributed by atoms with Crippen molar-refractivity contribution in [2.45, 2.75) is 6.04 Å². The Balaban J connectivity index is 1.43. The predicted octanol–water partition coefficient (Wildman–Crippen LogP) is 1.10. The molecule has 0 spiro atoms. The standard InChI is InChI=1S/C19H23N5O2/c25-18(16-12-21-19(22-13-16)23-8-10-26-11-9-23)24-7-6-20-17(14-24)15-4-2-1-3-5-15/h1-5,12-13,17,20H,6-11,14H2/t17-/m0/s1. The van der Waals surface area contributed by atoms with Gasteiger partial charge in [-0.15, -0.1) is 0 Å². The van der Waals surface area contributed by atoms with Gasteiger partial charge in [0.05, 0.1) is 18.8 Å². The van der Waals surface area contributed by atoms with E-state index in [2.05, 4.69) is 32.3 Å². The van der Waals surface area contributed by atoms with Crippen LogP contribution in [-0.4, -0.2) is 66.7 Å². The first-order valence-electron chi connectivity index (χ1n) is 9.03. The van der Waals surface area contributed by atoms with Crippen LogP contribution >= 0.6 is 0 Å². The molecule has 2 fully saturated rings. The summed E-state index contributed by atoms with van der Waals surface area (Å²) in [5, 5.41) is 3.48. The lowest BCUT2D eigenvalue weighted by molar-refractivity contribution is 0.0702. The van der Waals surface area contributed by atoms with Crippen LogP contribution in [0.25, 0.3) is 0 Å². The van der Waals surface area contributed by atoms with Crippen molar-refractivity contribution in [3.8, 4) is 0 Å². The Morgan fingerprint density at radius 1 is 1.08 bits per heavy atom. The average molecular weight is 353 g/mol. The van der Waals surface area contributed by atoms with Crippen LogP contribution in [0.1, 0.15) is 22.0 Å². The van der Waals surface area contributed by atoms with Crippen molar-refractivity contribution >= 4 is 11.9 Å². The zero-order valence-corrected chi connectivity index (χ0v) is 14.7. The van der Waals surface area contributed by atoms with Gasteiger partial charge in [-0.3, -0.25) is 4.79 Å². The zero-order chi connectivity index (χ0) is 17.8. The number of benzene rings is 1. The van der Waals surface area contributed by atoms with Gasteiger partial charge in [0.25, 0.3) is 5.91 Å². The number of aromatic nitrogens is 2. The molecular weight excluding hydrogens is 330 g/mol.